The lowest BCUT2D eigenvalue weighted by molar-refractivity contribution is 0.0697. The second-order valence-electron chi connectivity index (χ2n) is 4.67. The fourth-order valence-electron chi connectivity index (χ4n) is 2.45. The number of fused-ring (bicyclic) bond motifs is 1. The van der Waals surface area contributed by atoms with Gasteiger partial charge in [-0.3, -0.25) is 4.57 Å². The molecule has 0 atom stereocenters. The summed E-state index contributed by atoms with van der Waals surface area (Å²) in [5, 5.41) is 9.08. The number of aromatic carboxylic acids is 1. The number of imidazole rings is 1. The van der Waals surface area contributed by atoms with Gasteiger partial charge in [-0.1, -0.05) is 12.1 Å². The quantitative estimate of drug-likeness (QED) is 0.748. The summed E-state index contributed by atoms with van der Waals surface area (Å²) in [7, 11) is 0. The molecular weight excluding hydrogens is 284 g/mol. The van der Waals surface area contributed by atoms with Crippen molar-refractivity contribution in [3.63, 3.8) is 0 Å². The Morgan fingerprint density at radius 2 is 2.00 bits per heavy atom. The molecule has 21 heavy (non-hydrogen) atoms. The lowest BCUT2D eigenvalue weighted by atomic mass is 10.2. The van der Waals surface area contributed by atoms with E-state index in [1.807, 2.05) is 37.4 Å². The number of hydrogen-bond acceptors (Lipinski definition) is 3. The van der Waals surface area contributed by atoms with E-state index >= 15 is 0 Å². The van der Waals surface area contributed by atoms with Crippen molar-refractivity contribution < 1.29 is 9.90 Å². The molecule has 3 aromatic rings. The predicted octanol–water partition coefficient (Wildman–Crippen LogP) is 3.75. The molecular formula is C16H14N2O2S. The summed E-state index contributed by atoms with van der Waals surface area (Å²) >= 11 is 1.68. The van der Waals surface area contributed by atoms with Crippen LogP contribution in [0.2, 0.25) is 0 Å². The number of benzene rings is 2. The van der Waals surface area contributed by atoms with E-state index in [-0.39, 0.29) is 5.56 Å². The van der Waals surface area contributed by atoms with Gasteiger partial charge in [0, 0.05) is 4.90 Å². The number of nitrogens with zero attached hydrogens (tertiary/aromatic N) is 2. The molecule has 3 rings (SSSR count). The van der Waals surface area contributed by atoms with E-state index in [0.29, 0.717) is 5.52 Å². The maximum Gasteiger partial charge on any atom is 0.335 e. The number of aromatic nitrogens is 2. The monoisotopic (exact) mass is 298 g/mol. The number of rotatable bonds is 3. The van der Waals surface area contributed by atoms with Gasteiger partial charge >= 0.3 is 5.97 Å². The Morgan fingerprint density at radius 1 is 1.24 bits per heavy atom. The van der Waals surface area contributed by atoms with E-state index in [9.17, 15) is 4.79 Å². The van der Waals surface area contributed by atoms with Crippen molar-refractivity contribution in [1.82, 2.24) is 9.55 Å². The molecule has 0 unspecified atom stereocenters. The summed E-state index contributed by atoms with van der Waals surface area (Å²) in [5.74, 6) is -0.0948. The predicted molar refractivity (Wildman–Crippen MR) is 84.5 cm³/mol. The smallest absolute Gasteiger partial charge is 0.335 e. The second-order valence-corrected chi connectivity index (χ2v) is 5.52. The third-order valence-corrected chi connectivity index (χ3v) is 4.18. The Labute approximate surface area is 126 Å². The van der Waals surface area contributed by atoms with E-state index in [4.69, 9.17) is 5.11 Å². The zero-order valence-electron chi connectivity index (χ0n) is 11.7. The molecule has 1 heterocycles. The Balaban J connectivity index is 2.28. The summed E-state index contributed by atoms with van der Waals surface area (Å²) in [6.07, 6.45) is 2.04. The highest BCUT2D eigenvalue weighted by Gasteiger charge is 2.13. The van der Waals surface area contributed by atoms with Crippen LogP contribution in [0.5, 0.6) is 0 Å². The average molecular weight is 298 g/mol. The second kappa shape index (κ2) is 5.26. The third kappa shape index (κ3) is 2.29. The Hall–Kier alpha value is -2.27. The van der Waals surface area contributed by atoms with Crippen LogP contribution in [0.4, 0.5) is 0 Å². The fraction of sp³-hybridized carbons (Fsp3) is 0.125. The van der Waals surface area contributed by atoms with Gasteiger partial charge in [0.2, 0.25) is 0 Å². The molecule has 0 aliphatic carbocycles. The van der Waals surface area contributed by atoms with Crippen molar-refractivity contribution in [3.05, 3.63) is 53.9 Å². The molecule has 4 nitrogen and oxygen atoms in total. The molecule has 1 aromatic heterocycles. The molecule has 0 aliphatic rings. The van der Waals surface area contributed by atoms with Crippen molar-refractivity contribution >= 4 is 28.8 Å². The van der Waals surface area contributed by atoms with E-state index in [0.717, 1.165) is 21.9 Å². The zero-order valence-corrected chi connectivity index (χ0v) is 12.5. The highest BCUT2D eigenvalue weighted by Crippen LogP contribution is 2.28. The van der Waals surface area contributed by atoms with Gasteiger partial charge in [-0.15, -0.1) is 11.8 Å². The van der Waals surface area contributed by atoms with Crippen LogP contribution in [0.3, 0.4) is 0 Å². The molecule has 2 aromatic carbocycles. The minimum atomic E-state index is -0.936. The zero-order chi connectivity index (χ0) is 15.0. The average Bonchev–Trinajstić information content (AvgIpc) is 2.81. The molecule has 0 aliphatic heterocycles. The van der Waals surface area contributed by atoms with Crippen LogP contribution in [0.1, 0.15) is 16.2 Å². The van der Waals surface area contributed by atoms with Gasteiger partial charge in [0.05, 0.1) is 22.3 Å². The van der Waals surface area contributed by atoms with Gasteiger partial charge in [-0.25, -0.2) is 9.78 Å². The summed E-state index contributed by atoms with van der Waals surface area (Å²) in [5.41, 5.74) is 2.93. The summed E-state index contributed by atoms with van der Waals surface area (Å²) in [6, 6.07) is 13.2. The van der Waals surface area contributed by atoms with E-state index < -0.39 is 5.97 Å². The topological polar surface area (TPSA) is 55.1 Å². The van der Waals surface area contributed by atoms with Crippen LogP contribution in [-0.4, -0.2) is 26.9 Å². The van der Waals surface area contributed by atoms with Crippen molar-refractivity contribution in [2.75, 3.05) is 6.26 Å². The number of carbonyl (C=O) groups is 1. The standard InChI is InChI=1S/C16H14N2O2S/c1-10-17-12-9-11(16(19)20)7-8-13(12)18(10)14-5-3-4-6-15(14)21-2/h3-9H,1-2H3,(H,19,20). The number of para-hydroxylation sites is 1. The Morgan fingerprint density at radius 3 is 2.71 bits per heavy atom. The van der Waals surface area contributed by atoms with Gasteiger partial charge in [0.1, 0.15) is 5.82 Å². The Kier molecular flexibility index (Phi) is 3.43. The normalized spacial score (nSPS) is 11.0. The number of carboxylic acid groups (broad SMARTS) is 1. The molecule has 0 saturated carbocycles. The molecule has 0 bridgehead atoms. The van der Waals surface area contributed by atoms with Crippen molar-refractivity contribution in [2.45, 2.75) is 11.8 Å². The summed E-state index contributed by atoms with van der Waals surface area (Å²) < 4.78 is 2.06. The number of aryl methyl sites for hydroxylation is 1. The highest BCUT2D eigenvalue weighted by atomic mass is 32.2. The number of carboxylic acids is 1. The molecule has 0 radical (unpaired) electrons. The summed E-state index contributed by atoms with van der Waals surface area (Å²) in [6.45, 7) is 1.93. The lowest BCUT2D eigenvalue weighted by Crippen LogP contribution is -1.99. The first kappa shape index (κ1) is 13.7. The number of thioether (sulfide) groups is 1. The first-order valence-electron chi connectivity index (χ1n) is 6.47. The highest BCUT2D eigenvalue weighted by molar-refractivity contribution is 7.98. The van der Waals surface area contributed by atoms with Gasteiger partial charge < -0.3 is 5.11 Å². The maximum absolute atomic E-state index is 11.1. The van der Waals surface area contributed by atoms with E-state index in [1.165, 1.54) is 0 Å². The lowest BCUT2D eigenvalue weighted by Gasteiger charge is -2.11. The Bertz CT molecular complexity index is 839. The van der Waals surface area contributed by atoms with Crippen LogP contribution in [0.15, 0.2) is 47.4 Å². The third-order valence-electron chi connectivity index (χ3n) is 3.40. The van der Waals surface area contributed by atoms with Crippen molar-refractivity contribution in [1.29, 1.82) is 0 Å². The van der Waals surface area contributed by atoms with Gasteiger partial charge in [-0.2, -0.15) is 0 Å². The van der Waals surface area contributed by atoms with Crippen LogP contribution >= 0.6 is 11.8 Å². The van der Waals surface area contributed by atoms with Gasteiger partial charge in [-0.05, 0) is 43.5 Å². The van der Waals surface area contributed by atoms with Crippen molar-refractivity contribution in [3.8, 4) is 5.69 Å². The first-order valence-corrected chi connectivity index (χ1v) is 7.70. The fourth-order valence-corrected chi connectivity index (χ4v) is 3.04. The molecule has 106 valence electrons. The first-order chi connectivity index (χ1) is 10.1. The minimum absolute atomic E-state index is 0.255. The van der Waals surface area contributed by atoms with Crippen LogP contribution in [-0.2, 0) is 0 Å². The van der Waals surface area contributed by atoms with Crippen LogP contribution in [0.25, 0.3) is 16.7 Å². The largest absolute Gasteiger partial charge is 0.478 e. The van der Waals surface area contributed by atoms with E-state index in [2.05, 4.69) is 15.6 Å². The van der Waals surface area contributed by atoms with Crippen molar-refractivity contribution in [2.24, 2.45) is 0 Å². The van der Waals surface area contributed by atoms with Crippen LogP contribution in [0, 0.1) is 6.92 Å². The van der Waals surface area contributed by atoms with Crippen LogP contribution < -0.4 is 0 Å². The minimum Gasteiger partial charge on any atom is -0.478 e. The van der Waals surface area contributed by atoms with Gasteiger partial charge in [0.15, 0.2) is 0 Å². The molecule has 1 N–H and O–H groups in total. The van der Waals surface area contributed by atoms with Gasteiger partial charge in [0.25, 0.3) is 0 Å². The molecule has 0 fully saturated rings. The molecule has 0 spiro atoms. The molecule has 0 saturated heterocycles. The van der Waals surface area contributed by atoms with E-state index in [1.54, 1.807) is 23.9 Å². The molecule has 0 amide bonds. The maximum atomic E-state index is 11.1. The SMILES string of the molecule is CSc1ccccc1-n1c(C)nc2cc(C(=O)O)ccc21. The number of hydrogen-bond donors (Lipinski definition) is 1. The summed E-state index contributed by atoms with van der Waals surface area (Å²) in [4.78, 5) is 16.7. The molecule has 5 heteroatoms.